The average molecular weight is 460 g/mol. The molecule has 0 amide bonds. The highest BCUT2D eigenvalue weighted by molar-refractivity contribution is 9.11. The molecule has 0 unspecified atom stereocenters. The van der Waals surface area contributed by atoms with Crippen LogP contribution < -0.4 is 0 Å². The Bertz CT molecular complexity index is 1030. The van der Waals surface area contributed by atoms with Crippen LogP contribution in [0.5, 0.6) is 0 Å². The van der Waals surface area contributed by atoms with Crippen LogP contribution in [-0.4, -0.2) is 5.78 Å². The van der Waals surface area contributed by atoms with Gasteiger partial charge in [0.25, 0.3) is 0 Å². The van der Waals surface area contributed by atoms with E-state index in [-0.39, 0.29) is 34.2 Å². The lowest BCUT2D eigenvalue weighted by Crippen LogP contribution is -2.13. The van der Waals surface area contributed by atoms with Crippen molar-refractivity contribution < 1.29 is 20.7 Å². The minimum atomic E-state index is -3.42. The van der Waals surface area contributed by atoms with Gasteiger partial charge in [-0.15, -0.1) is 0 Å². The van der Waals surface area contributed by atoms with E-state index in [0.717, 1.165) is 5.56 Å². The van der Waals surface area contributed by atoms with E-state index in [0.29, 0.717) is 15.9 Å². The van der Waals surface area contributed by atoms with Gasteiger partial charge in [-0.2, -0.15) is 8.78 Å². The SMILES string of the molecule is [2H]c1cc([2H])c2c(C(=O)c3cc(Br)c(C)c(Br)c3)c(C(C)(F)F)oc2c1. The van der Waals surface area contributed by atoms with Gasteiger partial charge in [-0.25, -0.2) is 0 Å². The van der Waals surface area contributed by atoms with E-state index < -0.39 is 17.5 Å². The predicted octanol–water partition coefficient (Wildman–Crippen LogP) is 6.61. The summed E-state index contributed by atoms with van der Waals surface area (Å²) in [4.78, 5) is 13.1. The Morgan fingerprint density at radius 2 is 1.92 bits per heavy atom. The number of ketones is 1. The van der Waals surface area contributed by atoms with Crippen molar-refractivity contribution >= 4 is 48.6 Å². The fraction of sp³-hybridized carbons (Fsp3) is 0.167. The highest BCUT2D eigenvalue weighted by Gasteiger charge is 2.36. The van der Waals surface area contributed by atoms with Crippen molar-refractivity contribution in [3.63, 3.8) is 0 Å². The summed E-state index contributed by atoms with van der Waals surface area (Å²) in [5.41, 5.74) is 0.615. The molecule has 124 valence electrons. The first-order valence-corrected chi connectivity index (χ1v) is 8.51. The molecule has 1 aromatic heterocycles. The van der Waals surface area contributed by atoms with E-state index in [9.17, 15) is 13.6 Å². The largest absolute Gasteiger partial charge is 0.454 e. The molecule has 0 aliphatic rings. The molecule has 0 aliphatic heterocycles. The van der Waals surface area contributed by atoms with Crippen molar-refractivity contribution in [2.45, 2.75) is 19.8 Å². The summed E-state index contributed by atoms with van der Waals surface area (Å²) in [5, 5.41) is -0.0182. The quantitative estimate of drug-likeness (QED) is 0.412. The third-order valence-electron chi connectivity index (χ3n) is 3.62. The molecule has 3 rings (SSSR count). The Kier molecular flexibility index (Phi) is 3.74. The van der Waals surface area contributed by atoms with E-state index in [1.165, 1.54) is 12.1 Å². The number of carbonyl (C=O) groups is 1. The van der Waals surface area contributed by atoms with Gasteiger partial charge in [-0.1, -0.05) is 50.0 Å². The van der Waals surface area contributed by atoms with Crippen LogP contribution in [0.2, 0.25) is 0 Å². The monoisotopic (exact) mass is 458 g/mol. The fourth-order valence-electron chi connectivity index (χ4n) is 2.37. The number of halogens is 4. The number of hydrogen-bond donors (Lipinski definition) is 0. The zero-order valence-electron chi connectivity index (χ0n) is 14.6. The van der Waals surface area contributed by atoms with Gasteiger partial charge in [0.2, 0.25) is 0 Å². The van der Waals surface area contributed by atoms with Crippen LogP contribution in [0.25, 0.3) is 11.0 Å². The van der Waals surface area contributed by atoms with Gasteiger partial charge in [0.1, 0.15) is 5.58 Å². The number of rotatable bonds is 3. The second kappa shape index (κ2) is 6.08. The molecule has 0 saturated heterocycles. The minimum absolute atomic E-state index is 0.0182. The standard InChI is InChI=1S/C18H12Br2F2O2/c1-9-12(19)7-10(8-13(9)20)16(23)15-11-5-3-4-6-14(11)24-17(15)18(2,21)22/h3-8H,1-2H3/i4D,5D. The van der Waals surface area contributed by atoms with Gasteiger partial charge in [-0.3, -0.25) is 4.79 Å². The Balaban J connectivity index is 2.34. The van der Waals surface area contributed by atoms with Crippen molar-refractivity contribution in [2.24, 2.45) is 0 Å². The second-order valence-corrected chi connectivity index (χ2v) is 7.14. The van der Waals surface area contributed by atoms with Gasteiger partial charge in [-0.05, 0) is 30.7 Å². The van der Waals surface area contributed by atoms with Crippen molar-refractivity contribution in [3.8, 4) is 0 Å². The molecule has 0 N–H and O–H groups in total. The molecule has 0 aliphatic carbocycles. The van der Waals surface area contributed by atoms with Crippen molar-refractivity contribution in [2.75, 3.05) is 0 Å². The summed E-state index contributed by atoms with van der Waals surface area (Å²) < 4.78 is 50.4. The van der Waals surface area contributed by atoms with E-state index in [1.807, 2.05) is 6.92 Å². The summed E-state index contributed by atoms with van der Waals surface area (Å²) in [5.74, 6) is -4.89. The molecule has 0 spiro atoms. The zero-order valence-corrected chi connectivity index (χ0v) is 15.8. The smallest absolute Gasteiger partial charge is 0.302 e. The van der Waals surface area contributed by atoms with Gasteiger partial charge in [0.05, 0.1) is 8.30 Å². The number of fused-ring (bicyclic) bond motifs is 1. The number of hydrogen-bond acceptors (Lipinski definition) is 2. The van der Waals surface area contributed by atoms with E-state index >= 15 is 0 Å². The van der Waals surface area contributed by atoms with Crippen LogP contribution in [-0.2, 0) is 5.92 Å². The summed E-state index contributed by atoms with van der Waals surface area (Å²) in [6.07, 6.45) is 0. The van der Waals surface area contributed by atoms with E-state index in [4.69, 9.17) is 7.16 Å². The Morgan fingerprint density at radius 1 is 1.29 bits per heavy atom. The summed E-state index contributed by atoms with van der Waals surface area (Å²) >= 11 is 6.69. The Labute approximate surface area is 156 Å². The summed E-state index contributed by atoms with van der Waals surface area (Å²) in [7, 11) is 0. The maximum atomic E-state index is 14.1. The lowest BCUT2D eigenvalue weighted by atomic mass is 9.98. The number of carbonyl (C=O) groups excluding carboxylic acids is 1. The Hall–Kier alpha value is -1.53. The lowest BCUT2D eigenvalue weighted by molar-refractivity contribution is -0.00469. The molecule has 2 nitrogen and oxygen atoms in total. The molecule has 0 saturated carbocycles. The average Bonchev–Trinajstić information content (AvgIpc) is 2.91. The summed E-state index contributed by atoms with van der Waals surface area (Å²) in [6.45, 7) is 2.46. The first-order chi connectivity index (χ1) is 12.0. The summed E-state index contributed by atoms with van der Waals surface area (Å²) in [6, 6.07) is 5.23. The van der Waals surface area contributed by atoms with E-state index in [1.54, 1.807) is 12.1 Å². The van der Waals surface area contributed by atoms with Crippen LogP contribution >= 0.6 is 31.9 Å². The molecule has 0 fully saturated rings. The van der Waals surface area contributed by atoms with Gasteiger partial charge >= 0.3 is 5.92 Å². The number of furan rings is 1. The highest BCUT2D eigenvalue weighted by atomic mass is 79.9. The van der Waals surface area contributed by atoms with Crippen LogP contribution in [0, 0.1) is 6.92 Å². The minimum Gasteiger partial charge on any atom is -0.454 e. The van der Waals surface area contributed by atoms with Crippen LogP contribution in [0.1, 0.15) is 36.9 Å². The number of alkyl halides is 2. The number of para-hydroxylation sites is 1. The van der Waals surface area contributed by atoms with E-state index in [2.05, 4.69) is 31.9 Å². The molecule has 0 bridgehead atoms. The van der Waals surface area contributed by atoms with Crippen LogP contribution in [0.4, 0.5) is 8.78 Å². The second-order valence-electron chi connectivity index (χ2n) is 5.43. The third-order valence-corrected chi connectivity index (χ3v) is 5.27. The van der Waals surface area contributed by atoms with Crippen LogP contribution in [0.15, 0.2) is 49.7 Å². The zero-order chi connectivity index (χ0) is 19.4. The molecule has 0 radical (unpaired) electrons. The molecule has 0 atom stereocenters. The van der Waals surface area contributed by atoms with Gasteiger partial charge in [0, 0.05) is 26.8 Å². The molecule has 1 heterocycles. The third kappa shape index (κ3) is 2.93. The maximum absolute atomic E-state index is 14.1. The number of benzene rings is 2. The molecule has 24 heavy (non-hydrogen) atoms. The molecule has 2 aromatic carbocycles. The van der Waals surface area contributed by atoms with Crippen molar-refractivity contribution in [3.05, 3.63) is 67.7 Å². The topological polar surface area (TPSA) is 30.2 Å². The highest BCUT2D eigenvalue weighted by Crippen LogP contribution is 2.38. The maximum Gasteiger partial charge on any atom is 0.302 e. The normalized spacial score (nSPS) is 13.1. The van der Waals surface area contributed by atoms with Crippen molar-refractivity contribution in [1.29, 1.82) is 0 Å². The molecular weight excluding hydrogens is 446 g/mol. The van der Waals surface area contributed by atoms with Crippen molar-refractivity contribution in [1.82, 2.24) is 0 Å². The molecule has 6 heteroatoms. The van der Waals surface area contributed by atoms with Gasteiger partial charge in [0.15, 0.2) is 11.5 Å². The first-order valence-electron chi connectivity index (χ1n) is 7.93. The molecular formula is C18H12Br2F2O2. The molecule has 3 aromatic rings. The predicted molar refractivity (Wildman–Crippen MR) is 95.8 cm³/mol. The van der Waals surface area contributed by atoms with Crippen LogP contribution in [0.3, 0.4) is 0 Å². The lowest BCUT2D eigenvalue weighted by Gasteiger charge is -2.10. The first kappa shape index (κ1) is 14.8. The fourth-order valence-corrected chi connectivity index (χ4v) is 3.56. The van der Waals surface area contributed by atoms with Gasteiger partial charge < -0.3 is 4.42 Å². The Morgan fingerprint density at radius 3 is 2.50 bits per heavy atom.